The largest absolute Gasteiger partial charge is 0.468 e. The molecule has 94 valence electrons. The van der Waals surface area contributed by atoms with Crippen molar-refractivity contribution >= 4 is 50.7 Å². The smallest absolute Gasteiger partial charge is 0.325 e. The molecule has 7 heteroatoms. The number of hydrogen-bond acceptors (Lipinski definition) is 4. The van der Waals surface area contributed by atoms with Crippen LogP contribution in [-0.2, 0) is 9.53 Å². The Morgan fingerprint density at radius 2 is 2.29 bits per heavy atom. The summed E-state index contributed by atoms with van der Waals surface area (Å²) in [5.74, 6) is -0.811. The number of carbonyl (C=O) groups excluding carboxylic acids is 2. The predicted octanol–water partition coefficient (Wildman–Crippen LogP) is 2.33. The standard InChI is InChI=1S/C10H11BrClNO3S/c1-5-3-7(17-8(5)11)9(14)13-4-6(12)10(15)16-2/h3,6H,4H2,1-2H3,(H,13,14). The van der Waals surface area contributed by atoms with Crippen LogP contribution in [0, 0.1) is 6.92 Å². The van der Waals surface area contributed by atoms with E-state index in [4.69, 9.17) is 11.6 Å². The third kappa shape index (κ3) is 3.97. The molecule has 1 heterocycles. The summed E-state index contributed by atoms with van der Waals surface area (Å²) in [6.45, 7) is 1.94. The van der Waals surface area contributed by atoms with Crippen LogP contribution in [0.3, 0.4) is 0 Å². The molecule has 1 aromatic rings. The first kappa shape index (κ1) is 14.5. The number of thiophene rings is 1. The zero-order chi connectivity index (χ0) is 13.0. The van der Waals surface area contributed by atoms with Crippen molar-refractivity contribution in [2.75, 3.05) is 13.7 Å². The number of aryl methyl sites for hydroxylation is 1. The number of esters is 1. The molecule has 0 aliphatic heterocycles. The van der Waals surface area contributed by atoms with Gasteiger partial charge in [-0.15, -0.1) is 22.9 Å². The lowest BCUT2D eigenvalue weighted by molar-refractivity contribution is -0.140. The second-order valence-electron chi connectivity index (χ2n) is 3.27. The van der Waals surface area contributed by atoms with Crippen LogP contribution in [0.25, 0.3) is 0 Å². The Morgan fingerprint density at radius 3 is 2.76 bits per heavy atom. The molecule has 1 rings (SSSR count). The van der Waals surface area contributed by atoms with Crippen molar-refractivity contribution in [3.8, 4) is 0 Å². The fourth-order valence-corrected chi connectivity index (χ4v) is 2.67. The van der Waals surface area contributed by atoms with Gasteiger partial charge in [-0.25, -0.2) is 0 Å². The summed E-state index contributed by atoms with van der Waals surface area (Å²) >= 11 is 10.4. The maximum atomic E-state index is 11.7. The summed E-state index contributed by atoms with van der Waals surface area (Å²) in [5, 5.41) is 1.71. The quantitative estimate of drug-likeness (QED) is 0.676. The average molecular weight is 341 g/mol. The zero-order valence-electron chi connectivity index (χ0n) is 9.25. The van der Waals surface area contributed by atoms with E-state index in [9.17, 15) is 9.59 Å². The van der Waals surface area contributed by atoms with Crippen molar-refractivity contribution in [2.45, 2.75) is 12.3 Å². The molecule has 0 fully saturated rings. The van der Waals surface area contributed by atoms with Gasteiger partial charge in [0.05, 0.1) is 15.8 Å². The van der Waals surface area contributed by atoms with E-state index in [-0.39, 0.29) is 12.5 Å². The van der Waals surface area contributed by atoms with Gasteiger partial charge in [0.15, 0.2) is 0 Å². The fourth-order valence-electron chi connectivity index (χ4n) is 1.05. The Kier molecular flexibility index (Phi) is 5.42. The Bertz CT molecular complexity index is 416. The Labute approximate surface area is 116 Å². The average Bonchev–Trinajstić information content (AvgIpc) is 2.65. The lowest BCUT2D eigenvalue weighted by Gasteiger charge is -2.07. The number of halogens is 2. The minimum Gasteiger partial charge on any atom is -0.468 e. The first-order chi connectivity index (χ1) is 7.95. The van der Waals surface area contributed by atoms with E-state index in [2.05, 4.69) is 26.0 Å². The molecule has 1 aromatic heterocycles. The first-order valence-electron chi connectivity index (χ1n) is 4.71. The van der Waals surface area contributed by atoms with Gasteiger partial charge < -0.3 is 10.1 Å². The SMILES string of the molecule is COC(=O)C(Cl)CNC(=O)c1cc(C)c(Br)s1. The molecule has 0 aromatic carbocycles. The van der Waals surface area contributed by atoms with Gasteiger partial charge in [-0.3, -0.25) is 9.59 Å². The highest BCUT2D eigenvalue weighted by atomic mass is 79.9. The van der Waals surface area contributed by atoms with Gasteiger partial charge in [0.25, 0.3) is 5.91 Å². The number of rotatable bonds is 4. The maximum Gasteiger partial charge on any atom is 0.325 e. The van der Waals surface area contributed by atoms with Crippen molar-refractivity contribution in [1.82, 2.24) is 5.32 Å². The molecule has 1 unspecified atom stereocenters. The van der Waals surface area contributed by atoms with Gasteiger partial charge >= 0.3 is 5.97 Å². The van der Waals surface area contributed by atoms with Crippen molar-refractivity contribution in [3.05, 3.63) is 20.3 Å². The van der Waals surface area contributed by atoms with Crippen molar-refractivity contribution in [2.24, 2.45) is 0 Å². The first-order valence-corrected chi connectivity index (χ1v) is 6.76. The summed E-state index contributed by atoms with van der Waals surface area (Å²) in [6, 6.07) is 1.77. The maximum absolute atomic E-state index is 11.7. The molecule has 1 atom stereocenters. The van der Waals surface area contributed by atoms with E-state index in [1.54, 1.807) is 6.07 Å². The number of ether oxygens (including phenoxy) is 1. The van der Waals surface area contributed by atoms with E-state index >= 15 is 0 Å². The van der Waals surface area contributed by atoms with Gasteiger partial charge in [-0.2, -0.15) is 0 Å². The minimum absolute atomic E-state index is 0.0433. The molecule has 0 saturated carbocycles. The number of amides is 1. The Balaban J connectivity index is 2.53. The zero-order valence-corrected chi connectivity index (χ0v) is 12.4. The molecule has 1 N–H and O–H groups in total. The second kappa shape index (κ2) is 6.37. The van der Waals surface area contributed by atoms with Crippen LogP contribution in [0.15, 0.2) is 9.85 Å². The molecule has 0 aliphatic carbocycles. The third-order valence-corrected chi connectivity index (χ3v) is 4.45. The summed E-state index contributed by atoms with van der Waals surface area (Å²) in [6.07, 6.45) is 0. The van der Waals surface area contributed by atoms with Crippen molar-refractivity contribution in [1.29, 1.82) is 0 Å². The number of carbonyl (C=O) groups is 2. The molecule has 4 nitrogen and oxygen atoms in total. The lowest BCUT2D eigenvalue weighted by Crippen LogP contribution is -2.33. The minimum atomic E-state index is -0.867. The number of nitrogens with one attached hydrogen (secondary N) is 1. The van der Waals surface area contributed by atoms with Gasteiger partial charge in [0, 0.05) is 6.54 Å². The summed E-state index contributed by atoms with van der Waals surface area (Å²) in [7, 11) is 1.25. The predicted molar refractivity (Wildman–Crippen MR) is 70.7 cm³/mol. The lowest BCUT2D eigenvalue weighted by atomic mass is 10.3. The molecule has 0 spiro atoms. The van der Waals surface area contributed by atoms with Crippen LogP contribution in [-0.4, -0.2) is 30.9 Å². The molecular formula is C10H11BrClNO3S. The monoisotopic (exact) mass is 339 g/mol. The van der Waals surface area contributed by atoms with E-state index in [0.717, 1.165) is 9.35 Å². The number of alkyl halides is 1. The highest BCUT2D eigenvalue weighted by Gasteiger charge is 2.18. The highest BCUT2D eigenvalue weighted by Crippen LogP contribution is 2.27. The van der Waals surface area contributed by atoms with Crippen LogP contribution in [0.5, 0.6) is 0 Å². The number of methoxy groups -OCH3 is 1. The fraction of sp³-hybridized carbons (Fsp3) is 0.400. The van der Waals surface area contributed by atoms with Gasteiger partial charge in [0.2, 0.25) is 0 Å². The van der Waals surface area contributed by atoms with Crippen LogP contribution in [0.2, 0.25) is 0 Å². The van der Waals surface area contributed by atoms with Crippen molar-refractivity contribution < 1.29 is 14.3 Å². The van der Waals surface area contributed by atoms with Crippen LogP contribution >= 0.6 is 38.9 Å². The molecule has 0 saturated heterocycles. The van der Waals surface area contributed by atoms with E-state index < -0.39 is 11.3 Å². The normalized spacial score (nSPS) is 12.0. The van der Waals surface area contributed by atoms with Crippen molar-refractivity contribution in [3.63, 3.8) is 0 Å². The highest BCUT2D eigenvalue weighted by molar-refractivity contribution is 9.11. The van der Waals surface area contributed by atoms with E-state index in [0.29, 0.717) is 4.88 Å². The Hall–Kier alpha value is -0.590. The van der Waals surface area contributed by atoms with Crippen LogP contribution < -0.4 is 5.32 Å². The molecule has 0 radical (unpaired) electrons. The van der Waals surface area contributed by atoms with Crippen LogP contribution in [0.4, 0.5) is 0 Å². The summed E-state index contributed by atoms with van der Waals surface area (Å²) in [4.78, 5) is 23.3. The summed E-state index contributed by atoms with van der Waals surface area (Å²) < 4.78 is 5.36. The molecule has 0 aliphatic rings. The van der Waals surface area contributed by atoms with Crippen LogP contribution in [0.1, 0.15) is 15.2 Å². The molecule has 17 heavy (non-hydrogen) atoms. The van der Waals surface area contributed by atoms with Gasteiger partial charge in [-0.05, 0) is 34.5 Å². The topological polar surface area (TPSA) is 55.4 Å². The Morgan fingerprint density at radius 1 is 1.65 bits per heavy atom. The van der Waals surface area contributed by atoms with E-state index in [1.807, 2.05) is 6.92 Å². The third-order valence-electron chi connectivity index (χ3n) is 1.98. The molecule has 0 bridgehead atoms. The van der Waals surface area contributed by atoms with Gasteiger partial charge in [0.1, 0.15) is 5.38 Å². The number of hydrogen-bond donors (Lipinski definition) is 1. The second-order valence-corrected chi connectivity index (χ2v) is 6.17. The van der Waals surface area contributed by atoms with E-state index in [1.165, 1.54) is 18.4 Å². The summed E-state index contributed by atoms with van der Waals surface area (Å²) in [5.41, 5.74) is 0.996. The molecule has 1 amide bonds. The molecular weight excluding hydrogens is 330 g/mol. The van der Waals surface area contributed by atoms with Gasteiger partial charge in [-0.1, -0.05) is 0 Å².